The highest BCUT2D eigenvalue weighted by molar-refractivity contribution is 7.91. The quantitative estimate of drug-likeness (QED) is 0.888. The van der Waals surface area contributed by atoms with Crippen molar-refractivity contribution in [3.63, 3.8) is 0 Å². The lowest BCUT2D eigenvalue weighted by atomic mass is 10.1. The molecular weight excluding hydrogens is 230 g/mol. The molecule has 15 heavy (non-hydrogen) atoms. The maximum Gasteiger partial charge on any atom is 0.247 e. The van der Waals surface area contributed by atoms with E-state index in [4.69, 9.17) is 5.14 Å². The van der Waals surface area contributed by atoms with Gasteiger partial charge in [0.1, 0.15) is 4.21 Å². The molecular formula is C10H17NO2S2. The van der Waals surface area contributed by atoms with Crippen LogP contribution < -0.4 is 5.14 Å². The first-order valence-electron chi connectivity index (χ1n) is 4.99. The zero-order valence-electron chi connectivity index (χ0n) is 9.33. The van der Waals surface area contributed by atoms with Crippen molar-refractivity contribution in [2.24, 2.45) is 5.14 Å². The molecule has 1 rings (SSSR count). The van der Waals surface area contributed by atoms with Crippen molar-refractivity contribution in [3.8, 4) is 0 Å². The average Bonchev–Trinajstić information content (AvgIpc) is 2.40. The zero-order valence-corrected chi connectivity index (χ0v) is 11.0. The summed E-state index contributed by atoms with van der Waals surface area (Å²) in [6.45, 7) is 5.99. The first-order chi connectivity index (χ1) is 6.88. The first kappa shape index (κ1) is 12.7. The van der Waals surface area contributed by atoms with Crippen molar-refractivity contribution >= 4 is 21.4 Å². The third-order valence-electron chi connectivity index (χ3n) is 2.51. The van der Waals surface area contributed by atoms with Crippen molar-refractivity contribution in [1.29, 1.82) is 0 Å². The zero-order chi connectivity index (χ0) is 11.6. The van der Waals surface area contributed by atoms with Crippen molar-refractivity contribution in [1.82, 2.24) is 0 Å². The van der Waals surface area contributed by atoms with Gasteiger partial charge in [-0.2, -0.15) is 0 Å². The summed E-state index contributed by atoms with van der Waals surface area (Å²) in [6, 6.07) is 0. The number of aryl methyl sites for hydroxylation is 1. The number of unbranched alkanes of at least 4 members (excludes halogenated alkanes) is 1. The molecule has 0 aliphatic carbocycles. The molecule has 0 radical (unpaired) electrons. The van der Waals surface area contributed by atoms with E-state index in [-0.39, 0.29) is 0 Å². The van der Waals surface area contributed by atoms with Crippen molar-refractivity contribution in [2.45, 2.75) is 44.2 Å². The van der Waals surface area contributed by atoms with Crippen molar-refractivity contribution in [2.75, 3.05) is 0 Å². The van der Waals surface area contributed by atoms with Crippen LogP contribution in [0.25, 0.3) is 0 Å². The summed E-state index contributed by atoms with van der Waals surface area (Å²) in [4.78, 5) is 1.05. The fraction of sp³-hybridized carbons (Fsp3) is 0.600. The minimum Gasteiger partial charge on any atom is -0.224 e. The SMILES string of the molecule is CCCCc1c(S(N)(=O)=O)sc(C)c1C. The van der Waals surface area contributed by atoms with Gasteiger partial charge in [0, 0.05) is 4.88 Å². The lowest BCUT2D eigenvalue weighted by molar-refractivity contribution is 0.598. The number of hydrogen-bond acceptors (Lipinski definition) is 3. The molecule has 5 heteroatoms. The molecule has 86 valence electrons. The Morgan fingerprint density at radius 2 is 1.93 bits per heavy atom. The molecule has 0 unspecified atom stereocenters. The molecule has 0 saturated heterocycles. The highest BCUT2D eigenvalue weighted by Crippen LogP contribution is 2.31. The first-order valence-corrected chi connectivity index (χ1v) is 7.35. The van der Waals surface area contributed by atoms with Crippen LogP contribution in [0.3, 0.4) is 0 Å². The van der Waals surface area contributed by atoms with Crippen LogP contribution in [-0.4, -0.2) is 8.42 Å². The van der Waals surface area contributed by atoms with Gasteiger partial charge in [0.05, 0.1) is 0 Å². The number of primary sulfonamides is 1. The van der Waals surface area contributed by atoms with Crippen LogP contribution in [0.15, 0.2) is 4.21 Å². The molecule has 0 aliphatic rings. The van der Waals surface area contributed by atoms with Gasteiger partial charge >= 0.3 is 0 Å². The Labute approximate surface area is 95.4 Å². The molecule has 0 aromatic carbocycles. The van der Waals surface area contributed by atoms with E-state index in [0.717, 1.165) is 35.3 Å². The predicted octanol–water partition coefficient (Wildman–Crippen LogP) is 2.35. The fourth-order valence-corrected chi connectivity index (χ4v) is 3.89. The van der Waals surface area contributed by atoms with Gasteiger partial charge in [-0.1, -0.05) is 13.3 Å². The van der Waals surface area contributed by atoms with E-state index in [1.807, 2.05) is 13.8 Å². The smallest absolute Gasteiger partial charge is 0.224 e. The van der Waals surface area contributed by atoms with Gasteiger partial charge in [-0.15, -0.1) is 11.3 Å². The topological polar surface area (TPSA) is 60.2 Å². The second-order valence-corrected chi connectivity index (χ2v) is 6.68. The van der Waals surface area contributed by atoms with Gasteiger partial charge < -0.3 is 0 Å². The normalized spacial score (nSPS) is 12.0. The predicted molar refractivity (Wildman–Crippen MR) is 63.8 cm³/mol. The molecule has 0 bridgehead atoms. The molecule has 1 heterocycles. The molecule has 1 aromatic heterocycles. The van der Waals surface area contributed by atoms with Crippen LogP contribution in [-0.2, 0) is 16.4 Å². The average molecular weight is 247 g/mol. The maximum absolute atomic E-state index is 11.4. The second-order valence-electron chi connectivity index (χ2n) is 3.70. The lowest BCUT2D eigenvalue weighted by Crippen LogP contribution is -2.12. The molecule has 0 spiro atoms. The fourth-order valence-electron chi connectivity index (χ4n) is 1.52. The van der Waals surface area contributed by atoms with Gasteiger partial charge in [0.15, 0.2) is 0 Å². The van der Waals surface area contributed by atoms with Crippen LogP contribution in [0.2, 0.25) is 0 Å². The second kappa shape index (κ2) is 4.63. The summed E-state index contributed by atoms with van der Waals surface area (Å²) in [5.74, 6) is 0. The van der Waals surface area contributed by atoms with Gasteiger partial charge in [-0.05, 0) is 37.8 Å². The molecule has 0 saturated carbocycles. The van der Waals surface area contributed by atoms with Crippen LogP contribution >= 0.6 is 11.3 Å². The number of thiophene rings is 1. The van der Waals surface area contributed by atoms with Gasteiger partial charge in [-0.25, -0.2) is 13.6 Å². The number of sulfonamides is 1. The van der Waals surface area contributed by atoms with Crippen LogP contribution in [0.5, 0.6) is 0 Å². The minimum atomic E-state index is -3.55. The van der Waals surface area contributed by atoms with E-state index < -0.39 is 10.0 Å². The molecule has 1 aromatic rings. The van der Waals surface area contributed by atoms with E-state index >= 15 is 0 Å². The van der Waals surface area contributed by atoms with Crippen molar-refractivity contribution < 1.29 is 8.42 Å². The van der Waals surface area contributed by atoms with Gasteiger partial charge in [-0.3, -0.25) is 0 Å². The van der Waals surface area contributed by atoms with E-state index in [9.17, 15) is 8.42 Å². The maximum atomic E-state index is 11.4. The van der Waals surface area contributed by atoms with E-state index in [1.54, 1.807) is 0 Å². The molecule has 0 fully saturated rings. The monoisotopic (exact) mass is 247 g/mol. The Morgan fingerprint density at radius 3 is 2.40 bits per heavy atom. The number of hydrogen-bond donors (Lipinski definition) is 1. The van der Waals surface area contributed by atoms with E-state index in [1.165, 1.54) is 11.3 Å². The van der Waals surface area contributed by atoms with E-state index in [0.29, 0.717) is 4.21 Å². The Bertz CT molecular complexity index is 446. The number of rotatable bonds is 4. The number of nitrogens with two attached hydrogens (primary N) is 1. The summed E-state index contributed by atoms with van der Waals surface area (Å²) in [5, 5.41) is 5.19. The largest absolute Gasteiger partial charge is 0.247 e. The lowest BCUT2D eigenvalue weighted by Gasteiger charge is -2.02. The van der Waals surface area contributed by atoms with Gasteiger partial charge in [0.2, 0.25) is 10.0 Å². The Morgan fingerprint density at radius 1 is 1.33 bits per heavy atom. The van der Waals surface area contributed by atoms with E-state index in [2.05, 4.69) is 6.92 Å². The van der Waals surface area contributed by atoms with Crippen LogP contribution in [0.4, 0.5) is 0 Å². The molecule has 2 N–H and O–H groups in total. The highest BCUT2D eigenvalue weighted by Gasteiger charge is 2.20. The Kier molecular flexibility index (Phi) is 3.92. The standard InChI is InChI=1S/C10H17NO2S2/c1-4-5-6-9-7(2)8(3)14-10(9)15(11,12)13/h4-6H2,1-3H3,(H2,11,12,13). The molecule has 0 atom stereocenters. The van der Waals surface area contributed by atoms with Gasteiger partial charge in [0.25, 0.3) is 0 Å². The summed E-state index contributed by atoms with van der Waals surface area (Å²) in [5.41, 5.74) is 2.00. The van der Waals surface area contributed by atoms with Crippen molar-refractivity contribution in [3.05, 3.63) is 16.0 Å². The Hall–Kier alpha value is -0.390. The summed E-state index contributed by atoms with van der Waals surface area (Å²) in [7, 11) is -3.55. The third kappa shape index (κ3) is 2.80. The summed E-state index contributed by atoms with van der Waals surface area (Å²) in [6.07, 6.45) is 2.86. The van der Waals surface area contributed by atoms with Crippen LogP contribution in [0.1, 0.15) is 35.8 Å². The van der Waals surface area contributed by atoms with Crippen LogP contribution in [0, 0.1) is 13.8 Å². The highest BCUT2D eigenvalue weighted by atomic mass is 32.2. The molecule has 3 nitrogen and oxygen atoms in total. The Balaban J connectivity index is 3.22. The molecule has 0 amide bonds. The summed E-state index contributed by atoms with van der Waals surface area (Å²) >= 11 is 1.29. The minimum absolute atomic E-state index is 0.353. The third-order valence-corrected chi connectivity index (χ3v) is 5.27. The molecule has 0 aliphatic heterocycles. The summed E-state index contributed by atoms with van der Waals surface area (Å²) < 4.78 is 23.1.